The van der Waals surface area contributed by atoms with Crippen molar-refractivity contribution in [2.45, 2.75) is 12.7 Å². The second kappa shape index (κ2) is 4.37. The van der Waals surface area contributed by atoms with Crippen LogP contribution in [0, 0.1) is 0 Å². The van der Waals surface area contributed by atoms with Crippen molar-refractivity contribution in [2.24, 2.45) is 5.73 Å². The third-order valence-electron chi connectivity index (χ3n) is 2.49. The molecule has 0 aliphatic carbocycles. The summed E-state index contributed by atoms with van der Waals surface area (Å²) in [5.74, 6) is -0.659. The average molecular weight is 238 g/mol. The maximum absolute atomic E-state index is 5.57. The van der Waals surface area contributed by atoms with E-state index < -0.39 is 5.79 Å². The first-order valence-corrected chi connectivity index (χ1v) is 5.46. The predicted molar refractivity (Wildman–Crippen MR) is 66.1 cm³/mol. The number of hydrogen-bond acceptors (Lipinski definition) is 3. The normalized spacial score (nSPS) is 18.3. The predicted octanol–water partition coefficient (Wildman–Crippen LogP) is 1.56. The lowest BCUT2D eigenvalue weighted by molar-refractivity contribution is -0.149. The second-order valence-corrected chi connectivity index (χ2v) is 4.15. The van der Waals surface area contributed by atoms with Gasteiger partial charge >= 0.3 is 0 Å². The lowest BCUT2D eigenvalue weighted by atomic mass is 10.1. The molecule has 1 aromatic rings. The van der Waals surface area contributed by atoms with Crippen molar-refractivity contribution in [1.29, 1.82) is 0 Å². The molecule has 86 valence electrons. The number of benzene rings is 1. The highest BCUT2D eigenvalue weighted by atomic mass is 32.1. The fourth-order valence-corrected chi connectivity index (χ4v) is 1.82. The quantitative estimate of drug-likeness (QED) is 0.766. The van der Waals surface area contributed by atoms with Gasteiger partial charge in [-0.05, 0) is 31.3 Å². The smallest absolute Gasteiger partial charge is 0.192 e. The van der Waals surface area contributed by atoms with Crippen LogP contribution in [-0.2, 0) is 15.3 Å². The molecule has 16 heavy (non-hydrogen) atoms. The molecular weight excluding hydrogens is 224 g/mol. The lowest BCUT2D eigenvalue weighted by Crippen LogP contribution is -2.23. The van der Waals surface area contributed by atoms with E-state index in [4.69, 9.17) is 27.4 Å². The molecule has 1 fully saturated rings. The van der Waals surface area contributed by atoms with E-state index in [2.05, 4.69) is 5.32 Å². The molecule has 0 aromatic heterocycles. The fourth-order valence-electron chi connectivity index (χ4n) is 1.70. The first-order valence-electron chi connectivity index (χ1n) is 5.05. The van der Waals surface area contributed by atoms with E-state index >= 15 is 0 Å². The van der Waals surface area contributed by atoms with Crippen LogP contribution in [0.1, 0.15) is 12.5 Å². The maximum Gasteiger partial charge on any atom is 0.192 e. The van der Waals surface area contributed by atoms with E-state index in [0.717, 1.165) is 11.3 Å². The van der Waals surface area contributed by atoms with Crippen LogP contribution in [0.15, 0.2) is 24.3 Å². The molecule has 1 aromatic carbocycles. The van der Waals surface area contributed by atoms with Gasteiger partial charge in [0.15, 0.2) is 10.9 Å². The average Bonchev–Trinajstić information content (AvgIpc) is 2.66. The number of ether oxygens (including phenoxy) is 2. The van der Waals surface area contributed by atoms with Gasteiger partial charge in [0.2, 0.25) is 0 Å². The Balaban J connectivity index is 2.24. The monoisotopic (exact) mass is 238 g/mol. The Morgan fingerprint density at radius 1 is 1.44 bits per heavy atom. The van der Waals surface area contributed by atoms with Crippen LogP contribution < -0.4 is 11.1 Å². The van der Waals surface area contributed by atoms with E-state index in [-0.39, 0.29) is 5.11 Å². The minimum atomic E-state index is -0.659. The Labute approximate surface area is 99.7 Å². The third-order valence-corrected chi connectivity index (χ3v) is 2.59. The zero-order valence-electron chi connectivity index (χ0n) is 9.03. The molecule has 0 saturated carbocycles. The molecule has 0 spiro atoms. The number of nitrogens with one attached hydrogen (secondary N) is 1. The van der Waals surface area contributed by atoms with Crippen LogP contribution in [-0.4, -0.2) is 18.3 Å². The molecule has 0 bridgehead atoms. The van der Waals surface area contributed by atoms with Gasteiger partial charge in [-0.25, -0.2) is 0 Å². The van der Waals surface area contributed by atoms with Gasteiger partial charge in [-0.2, -0.15) is 0 Å². The minimum absolute atomic E-state index is 0.246. The van der Waals surface area contributed by atoms with E-state index in [1.165, 1.54) is 0 Å². The summed E-state index contributed by atoms with van der Waals surface area (Å²) in [7, 11) is 0. The molecule has 4 nitrogen and oxygen atoms in total. The maximum atomic E-state index is 5.57. The van der Waals surface area contributed by atoms with Gasteiger partial charge in [0.1, 0.15) is 0 Å². The molecule has 1 aliphatic rings. The summed E-state index contributed by atoms with van der Waals surface area (Å²) in [6, 6.07) is 7.67. The molecule has 3 N–H and O–H groups in total. The fraction of sp³-hybridized carbons (Fsp3) is 0.364. The summed E-state index contributed by atoms with van der Waals surface area (Å²) in [5.41, 5.74) is 7.21. The molecule has 1 saturated heterocycles. The van der Waals surface area contributed by atoms with Gasteiger partial charge in [0.05, 0.1) is 13.2 Å². The van der Waals surface area contributed by atoms with Crippen molar-refractivity contribution in [1.82, 2.24) is 0 Å². The van der Waals surface area contributed by atoms with E-state index in [9.17, 15) is 0 Å². The summed E-state index contributed by atoms with van der Waals surface area (Å²) < 4.78 is 11.1. The van der Waals surface area contributed by atoms with E-state index in [1.807, 2.05) is 31.2 Å². The van der Waals surface area contributed by atoms with Crippen LogP contribution in [0.2, 0.25) is 0 Å². The Morgan fingerprint density at radius 3 is 2.75 bits per heavy atom. The van der Waals surface area contributed by atoms with Crippen molar-refractivity contribution in [3.63, 3.8) is 0 Å². The summed E-state index contributed by atoms with van der Waals surface area (Å²) in [6.07, 6.45) is 0. The second-order valence-electron chi connectivity index (χ2n) is 3.71. The Bertz CT molecular complexity index is 403. The molecule has 0 unspecified atom stereocenters. The number of thiocarbonyl (C=S) groups is 1. The van der Waals surface area contributed by atoms with Gasteiger partial charge in [-0.1, -0.05) is 12.1 Å². The number of rotatable bonds is 2. The van der Waals surface area contributed by atoms with Crippen LogP contribution in [0.5, 0.6) is 0 Å². The van der Waals surface area contributed by atoms with Crippen LogP contribution >= 0.6 is 12.2 Å². The van der Waals surface area contributed by atoms with Crippen LogP contribution in [0.4, 0.5) is 5.69 Å². The first-order chi connectivity index (χ1) is 7.60. The van der Waals surface area contributed by atoms with Gasteiger partial charge < -0.3 is 20.5 Å². The zero-order chi connectivity index (χ0) is 11.6. The summed E-state index contributed by atoms with van der Waals surface area (Å²) in [5, 5.41) is 3.13. The van der Waals surface area contributed by atoms with Crippen molar-refractivity contribution in [2.75, 3.05) is 18.5 Å². The first kappa shape index (κ1) is 11.3. The van der Waals surface area contributed by atoms with Crippen molar-refractivity contribution in [3.05, 3.63) is 29.8 Å². The van der Waals surface area contributed by atoms with Crippen molar-refractivity contribution < 1.29 is 9.47 Å². The topological polar surface area (TPSA) is 56.5 Å². The Morgan fingerprint density at radius 2 is 2.12 bits per heavy atom. The molecule has 2 rings (SSSR count). The highest BCUT2D eigenvalue weighted by molar-refractivity contribution is 7.80. The molecule has 0 amide bonds. The van der Waals surface area contributed by atoms with Crippen LogP contribution in [0.3, 0.4) is 0 Å². The van der Waals surface area contributed by atoms with Crippen LogP contribution in [0.25, 0.3) is 0 Å². The summed E-state index contributed by atoms with van der Waals surface area (Å²) in [6.45, 7) is 3.13. The van der Waals surface area contributed by atoms with Crippen molar-refractivity contribution in [3.8, 4) is 0 Å². The highest BCUT2D eigenvalue weighted by Crippen LogP contribution is 2.31. The highest BCUT2D eigenvalue weighted by Gasteiger charge is 2.33. The molecular formula is C11H14N2O2S. The van der Waals surface area contributed by atoms with Gasteiger partial charge in [0.25, 0.3) is 0 Å². The van der Waals surface area contributed by atoms with Gasteiger partial charge in [0, 0.05) is 11.3 Å². The SMILES string of the molecule is CC1(c2cccc(NC(N)=S)c2)OCCO1. The van der Waals surface area contributed by atoms with E-state index in [0.29, 0.717) is 13.2 Å². The molecule has 0 radical (unpaired) electrons. The lowest BCUT2D eigenvalue weighted by Gasteiger charge is -2.23. The minimum Gasteiger partial charge on any atom is -0.376 e. The molecule has 1 heterocycles. The Kier molecular flexibility index (Phi) is 3.09. The summed E-state index contributed by atoms with van der Waals surface area (Å²) >= 11 is 4.79. The number of nitrogens with two attached hydrogens (primary N) is 1. The standard InChI is InChI=1S/C11H14N2O2S/c1-11(14-5-6-15-11)8-3-2-4-9(7-8)13-10(12)16/h2-4,7H,5-6H2,1H3,(H3,12,13,16). The number of anilines is 1. The largest absolute Gasteiger partial charge is 0.376 e. The van der Waals surface area contributed by atoms with Gasteiger partial charge in [-0.3, -0.25) is 0 Å². The Hall–Kier alpha value is -1.17. The van der Waals surface area contributed by atoms with E-state index in [1.54, 1.807) is 0 Å². The molecule has 0 atom stereocenters. The van der Waals surface area contributed by atoms with Gasteiger partial charge in [-0.15, -0.1) is 0 Å². The zero-order valence-corrected chi connectivity index (χ0v) is 9.84. The molecule has 1 aliphatic heterocycles. The number of hydrogen-bond donors (Lipinski definition) is 2. The molecule has 5 heteroatoms. The third kappa shape index (κ3) is 2.32. The summed E-state index contributed by atoms with van der Waals surface area (Å²) in [4.78, 5) is 0. The van der Waals surface area contributed by atoms with Crippen molar-refractivity contribution >= 4 is 23.0 Å².